The molecule has 1 saturated heterocycles. The van der Waals surface area contributed by atoms with E-state index >= 15 is 0 Å². The molecule has 0 unspecified atom stereocenters. The Hall–Kier alpha value is -3.47. The second kappa shape index (κ2) is 8.72. The number of esters is 1. The smallest absolute Gasteiger partial charge is 0.356 e. The van der Waals surface area contributed by atoms with E-state index in [-0.39, 0.29) is 35.5 Å². The lowest BCUT2D eigenvalue weighted by atomic mass is 9.85. The van der Waals surface area contributed by atoms with Crippen LogP contribution >= 0.6 is 0 Å². The number of ether oxygens (including phenoxy) is 1. The average Bonchev–Trinajstić information content (AvgIpc) is 3.23. The molecule has 7 nitrogen and oxygen atoms in total. The first kappa shape index (κ1) is 22.2. The third-order valence-electron chi connectivity index (χ3n) is 5.50. The van der Waals surface area contributed by atoms with Gasteiger partial charge in [0, 0.05) is 24.0 Å². The molecule has 31 heavy (non-hydrogen) atoms. The minimum Gasteiger partial charge on any atom is -0.461 e. The van der Waals surface area contributed by atoms with Crippen LogP contribution in [0.1, 0.15) is 71.6 Å². The molecule has 1 aromatic heterocycles. The maximum Gasteiger partial charge on any atom is 0.356 e. The third-order valence-corrected chi connectivity index (χ3v) is 5.50. The third kappa shape index (κ3) is 4.36. The van der Waals surface area contributed by atoms with Crippen molar-refractivity contribution in [3.63, 3.8) is 0 Å². The topological polar surface area (TPSA) is 109 Å². The van der Waals surface area contributed by atoms with E-state index in [1.54, 1.807) is 37.8 Å². The fourth-order valence-electron chi connectivity index (χ4n) is 3.78. The Morgan fingerprint density at radius 1 is 1.39 bits per heavy atom. The van der Waals surface area contributed by atoms with Gasteiger partial charge in [-0.2, -0.15) is 5.26 Å². The van der Waals surface area contributed by atoms with Crippen LogP contribution in [0.5, 0.6) is 0 Å². The first-order valence-corrected chi connectivity index (χ1v) is 10.1. The zero-order valence-corrected chi connectivity index (χ0v) is 17.8. The number of pyridine rings is 1. The minimum atomic E-state index is -0.950. The predicted molar refractivity (Wildman–Crippen MR) is 113 cm³/mol. The highest BCUT2D eigenvalue weighted by atomic mass is 19.1. The SMILES string of the molecule is CCOC(=O)c1cc(N)c(C(=O)N2CCC[C@@H]2c2ccc(C(C)(C)C#N)c(F)c2)cn1. The summed E-state index contributed by atoms with van der Waals surface area (Å²) in [7, 11) is 0. The standard InChI is InChI=1S/C23H25FN4O3/c1-4-31-22(30)19-11-18(26)15(12-27-19)21(29)28-9-5-6-20(28)14-7-8-16(17(24)10-14)23(2,3)13-25/h7-8,10-12,20H,4-6,9H2,1-3H3,(H2,26,27)/t20-/m1/s1. The van der Waals surface area contributed by atoms with Crippen LogP contribution in [0.4, 0.5) is 10.1 Å². The zero-order chi connectivity index (χ0) is 22.8. The van der Waals surface area contributed by atoms with Crippen molar-refractivity contribution in [2.45, 2.75) is 45.1 Å². The fraction of sp³-hybridized carbons (Fsp3) is 0.391. The van der Waals surface area contributed by atoms with Gasteiger partial charge in [-0.15, -0.1) is 0 Å². The molecule has 1 fully saturated rings. The molecule has 3 rings (SSSR count). The highest BCUT2D eigenvalue weighted by Crippen LogP contribution is 2.36. The number of aromatic nitrogens is 1. The summed E-state index contributed by atoms with van der Waals surface area (Å²) in [5, 5.41) is 9.29. The Bertz CT molecular complexity index is 1060. The van der Waals surface area contributed by atoms with Crippen molar-refractivity contribution in [1.29, 1.82) is 5.26 Å². The average molecular weight is 424 g/mol. The minimum absolute atomic E-state index is 0.0339. The van der Waals surface area contributed by atoms with E-state index in [2.05, 4.69) is 11.1 Å². The number of carbonyl (C=O) groups excluding carboxylic acids is 2. The van der Waals surface area contributed by atoms with Crippen LogP contribution in [0.3, 0.4) is 0 Å². The van der Waals surface area contributed by atoms with Gasteiger partial charge in [-0.1, -0.05) is 12.1 Å². The van der Waals surface area contributed by atoms with Crippen molar-refractivity contribution < 1.29 is 18.7 Å². The summed E-state index contributed by atoms with van der Waals surface area (Å²) in [5.74, 6) is -1.41. The van der Waals surface area contributed by atoms with Crippen LogP contribution < -0.4 is 5.73 Å². The number of nitrogens with zero attached hydrogens (tertiary/aromatic N) is 3. The molecule has 2 N–H and O–H groups in total. The van der Waals surface area contributed by atoms with Gasteiger partial charge >= 0.3 is 5.97 Å². The Labute approximate surface area is 180 Å². The van der Waals surface area contributed by atoms with Gasteiger partial charge in [0.1, 0.15) is 11.5 Å². The van der Waals surface area contributed by atoms with Crippen molar-refractivity contribution in [3.8, 4) is 6.07 Å². The molecule has 1 amide bonds. The Morgan fingerprint density at radius 2 is 2.13 bits per heavy atom. The van der Waals surface area contributed by atoms with Gasteiger partial charge in [0.25, 0.3) is 5.91 Å². The summed E-state index contributed by atoms with van der Waals surface area (Å²) >= 11 is 0. The molecule has 1 aromatic carbocycles. The molecule has 0 bridgehead atoms. The van der Waals surface area contributed by atoms with E-state index < -0.39 is 17.2 Å². The number of halogens is 1. The number of hydrogen-bond donors (Lipinski definition) is 1. The number of rotatable bonds is 5. The number of nitriles is 1. The maximum absolute atomic E-state index is 14.8. The lowest BCUT2D eigenvalue weighted by Gasteiger charge is -2.26. The number of nitrogens with two attached hydrogens (primary N) is 1. The van der Waals surface area contributed by atoms with Crippen LogP contribution in [0.15, 0.2) is 30.5 Å². The molecule has 1 atom stereocenters. The predicted octanol–water partition coefficient (Wildman–Crippen LogP) is 3.76. The monoisotopic (exact) mass is 424 g/mol. The summed E-state index contributed by atoms with van der Waals surface area (Å²) in [6.45, 7) is 5.70. The summed E-state index contributed by atoms with van der Waals surface area (Å²) in [6, 6.07) is 7.89. The second-order valence-corrected chi connectivity index (χ2v) is 8.01. The Kier molecular flexibility index (Phi) is 6.25. The fourth-order valence-corrected chi connectivity index (χ4v) is 3.78. The molecule has 0 radical (unpaired) electrons. The Morgan fingerprint density at radius 3 is 2.74 bits per heavy atom. The van der Waals surface area contributed by atoms with Gasteiger partial charge in [0.05, 0.1) is 29.7 Å². The van der Waals surface area contributed by atoms with Gasteiger partial charge in [-0.05, 0) is 51.3 Å². The zero-order valence-electron chi connectivity index (χ0n) is 17.8. The highest BCUT2D eigenvalue weighted by Gasteiger charge is 2.33. The highest BCUT2D eigenvalue weighted by molar-refractivity contribution is 6.00. The second-order valence-electron chi connectivity index (χ2n) is 8.01. The molecule has 1 aliphatic rings. The quantitative estimate of drug-likeness (QED) is 0.732. The van der Waals surface area contributed by atoms with E-state index in [1.165, 1.54) is 18.3 Å². The van der Waals surface area contributed by atoms with E-state index in [0.717, 1.165) is 6.42 Å². The number of benzene rings is 1. The summed E-state index contributed by atoms with van der Waals surface area (Å²) in [4.78, 5) is 30.7. The number of hydrogen-bond acceptors (Lipinski definition) is 6. The molecule has 2 aromatic rings. The molecule has 1 aliphatic heterocycles. The molecule has 162 valence electrons. The Balaban J connectivity index is 1.87. The molecule has 0 aliphatic carbocycles. The van der Waals surface area contributed by atoms with Crippen molar-refractivity contribution >= 4 is 17.6 Å². The first-order chi connectivity index (χ1) is 14.7. The van der Waals surface area contributed by atoms with Crippen LogP contribution in [-0.4, -0.2) is 34.9 Å². The summed E-state index contributed by atoms with van der Waals surface area (Å²) in [6.07, 6.45) is 2.72. The number of nitrogen functional groups attached to an aromatic ring is 1. The van der Waals surface area contributed by atoms with Gasteiger partial charge < -0.3 is 15.4 Å². The van der Waals surface area contributed by atoms with Gasteiger partial charge in [0.15, 0.2) is 0 Å². The molecule has 2 heterocycles. The number of carbonyl (C=O) groups is 2. The summed E-state index contributed by atoms with van der Waals surface area (Å²) in [5.41, 5.74) is 6.41. The molecule has 8 heteroatoms. The van der Waals surface area contributed by atoms with Crippen molar-refractivity contribution in [2.24, 2.45) is 0 Å². The molecular weight excluding hydrogens is 399 g/mol. The van der Waals surface area contributed by atoms with Crippen LogP contribution in [0.2, 0.25) is 0 Å². The molecular formula is C23H25FN4O3. The van der Waals surface area contributed by atoms with E-state index in [0.29, 0.717) is 24.1 Å². The van der Waals surface area contributed by atoms with E-state index in [1.807, 2.05) is 0 Å². The molecule has 0 saturated carbocycles. The van der Waals surface area contributed by atoms with Gasteiger partial charge in [-0.3, -0.25) is 4.79 Å². The van der Waals surface area contributed by atoms with Crippen molar-refractivity contribution in [3.05, 3.63) is 58.7 Å². The van der Waals surface area contributed by atoms with Crippen LogP contribution in [0.25, 0.3) is 0 Å². The van der Waals surface area contributed by atoms with Crippen molar-refractivity contribution in [1.82, 2.24) is 9.88 Å². The van der Waals surface area contributed by atoms with E-state index in [9.17, 15) is 19.2 Å². The number of amides is 1. The lowest BCUT2D eigenvalue weighted by Crippen LogP contribution is -2.31. The van der Waals surface area contributed by atoms with E-state index in [4.69, 9.17) is 10.5 Å². The number of likely N-dealkylation sites (tertiary alicyclic amines) is 1. The largest absolute Gasteiger partial charge is 0.461 e. The summed E-state index contributed by atoms with van der Waals surface area (Å²) < 4.78 is 19.7. The lowest BCUT2D eigenvalue weighted by molar-refractivity contribution is 0.0518. The van der Waals surface area contributed by atoms with Gasteiger partial charge in [0.2, 0.25) is 0 Å². The number of anilines is 1. The maximum atomic E-state index is 14.8. The first-order valence-electron chi connectivity index (χ1n) is 10.1. The van der Waals surface area contributed by atoms with Crippen molar-refractivity contribution in [2.75, 3.05) is 18.9 Å². The van der Waals surface area contributed by atoms with Crippen LogP contribution in [0, 0.1) is 17.1 Å². The van der Waals surface area contributed by atoms with Gasteiger partial charge in [-0.25, -0.2) is 14.2 Å². The van der Waals surface area contributed by atoms with Crippen LogP contribution in [-0.2, 0) is 10.2 Å². The molecule has 0 spiro atoms. The normalized spacial score (nSPS) is 16.1.